The molecule has 0 amide bonds. The Labute approximate surface area is 123 Å². The average Bonchev–Trinajstić information content (AvgIpc) is 2.97. The fourth-order valence-electron chi connectivity index (χ4n) is 2.25. The Bertz CT molecular complexity index is 539. The molecule has 1 aromatic heterocycles. The summed E-state index contributed by atoms with van der Waals surface area (Å²) in [5.41, 5.74) is -0.382. The smallest absolute Gasteiger partial charge is 0.351 e. The SMILES string of the molecule is CCN(C=Nc1ccn([C@H]2CC[C@@H](CO)O2)c(=O)n1)CC. The van der Waals surface area contributed by atoms with Crippen LogP contribution in [0.3, 0.4) is 0 Å². The molecule has 116 valence electrons. The molecule has 0 spiro atoms. The van der Waals surface area contributed by atoms with E-state index in [0.717, 1.165) is 19.5 Å². The van der Waals surface area contributed by atoms with Gasteiger partial charge in [0.2, 0.25) is 0 Å². The van der Waals surface area contributed by atoms with Crippen LogP contribution >= 0.6 is 0 Å². The van der Waals surface area contributed by atoms with E-state index in [4.69, 9.17) is 9.84 Å². The number of aliphatic imine (C=N–C) groups is 1. The first-order chi connectivity index (χ1) is 10.2. The molecule has 2 heterocycles. The zero-order chi connectivity index (χ0) is 15.2. The zero-order valence-corrected chi connectivity index (χ0v) is 12.5. The molecule has 0 saturated carbocycles. The van der Waals surface area contributed by atoms with Gasteiger partial charge in [-0.05, 0) is 32.8 Å². The van der Waals surface area contributed by atoms with Crippen molar-refractivity contribution in [2.45, 2.75) is 39.0 Å². The summed E-state index contributed by atoms with van der Waals surface area (Å²) >= 11 is 0. The molecule has 0 aliphatic carbocycles. The molecule has 1 aliphatic rings. The van der Waals surface area contributed by atoms with Crippen molar-refractivity contribution >= 4 is 12.2 Å². The van der Waals surface area contributed by atoms with Crippen molar-refractivity contribution in [3.05, 3.63) is 22.7 Å². The maximum atomic E-state index is 12.0. The number of nitrogens with zero attached hydrogens (tertiary/aromatic N) is 4. The predicted molar refractivity (Wildman–Crippen MR) is 79.8 cm³/mol. The predicted octanol–water partition coefficient (Wildman–Crippen LogP) is 0.915. The molecule has 1 saturated heterocycles. The normalized spacial score (nSPS) is 22.0. The fraction of sp³-hybridized carbons (Fsp3) is 0.643. The summed E-state index contributed by atoms with van der Waals surface area (Å²) in [6.07, 6.45) is 4.25. The van der Waals surface area contributed by atoms with Gasteiger partial charge in [-0.25, -0.2) is 9.79 Å². The highest BCUT2D eigenvalue weighted by molar-refractivity contribution is 5.59. The van der Waals surface area contributed by atoms with Gasteiger partial charge in [0.05, 0.1) is 19.0 Å². The van der Waals surface area contributed by atoms with E-state index in [0.29, 0.717) is 12.2 Å². The van der Waals surface area contributed by atoms with Gasteiger partial charge in [-0.3, -0.25) is 4.57 Å². The molecule has 2 atom stereocenters. The van der Waals surface area contributed by atoms with Crippen molar-refractivity contribution in [3.63, 3.8) is 0 Å². The van der Waals surface area contributed by atoms with Gasteiger partial charge >= 0.3 is 5.69 Å². The van der Waals surface area contributed by atoms with Crippen molar-refractivity contribution in [1.29, 1.82) is 0 Å². The summed E-state index contributed by atoms with van der Waals surface area (Å²) < 4.78 is 7.03. The first-order valence-electron chi connectivity index (χ1n) is 7.31. The molecule has 1 aliphatic heterocycles. The van der Waals surface area contributed by atoms with Crippen molar-refractivity contribution in [2.24, 2.45) is 4.99 Å². The monoisotopic (exact) mass is 294 g/mol. The van der Waals surface area contributed by atoms with Crippen LogP contribution in [0.1, 0.15) is 32.9 Å². The van der Waals surface area contributed by atoms with Crippen molar-refractivity contribution in [2.75, 3.05) is 19.7 Å². The number of aromatic nitrogens is 2. The van der Waals surface area contributed by atoms with E-state index in [1.807, 2.05) is 18.7 Å². The van der Waals surface area contributed by atoms with Crippen LogP contribution in [0.15, 0.2) is 22.1 Å². The minimum absolute atomic E-state index is 0.0229. The van der Waals surface area contributed by atoms with Crippen LogP contribution in [0, 0.1) is 0 Å². The van der Waals surface area contributed by atoms with Crippen LogP contribution in [0.4, 0.5) is 5.82 Å². The number of aliphatic hydroxyl groups excluding tert-OH is 1. The third-order valence-electron chi connectivity index (χ3n) is 3.58. The highest BCUT2D eigenvalue weighted by atomic mass is 16.5. The van der Waals surface area contributed by atoms with Gasteiger partial charge in [-0.2, -0.15) is 4.98 Å². The topological polar surface area (TPSA) is 80.0 Å². The summed E-state index contributed by atoms with van der Waals surface area (Å²) in [4.78, 5) is 22.2. The number of hydrogen-bond donors (Lipinski definition) is 1. The van der Waals surface area contributed by atoms with E-state index in [1.54, 1.807) is 18.6 Å². The standard InChI is InChI=1S/C14H22N4O3/c1-3-17(4-2)10-15-12-7-8-18(14(20)16-12)13-6-5-11(9-19)21-13/h7-8,10-11,13,19H,3-6,9H2,1-2H3/t11-,13+/m0/s1. The van der Waals surface area contributed by atoms with Gasteiger partial charge in [0.15, 0.2) is 5.82 Å². The van der Waals surface area contributed by atoms with Gasteiger partial charge < -0.3 is 14.7 Å². The first-order valence-corrected chi connectivity index (χ1v) is 7.31. The number of ether oxygens (including phenoxy) is 1. The molecule has 7 heteroatoms. The van der Waals surface area contributed by atoms with Crippen LogP contribution < -0.4 is 5.69 Å². The largest absolute Gasteiger partial charge is 0.394 e. The van der Waals surface area contributed by atoms with Crippen LogP contribution in [-0.4, -0.2) is 51.7 Å². The second-order valence-electron chi connectivity index (χ2n) is 4.91. The molecule has 21 heavy (non-hydrogen) atoms. The maximum Gasteiger partial charge on any atom is 0.351 e. The number of hydrogen-bond acceptors (Lipinski definition) is 5. The summed E-state index contributed by atoms with van der Waals surface area (Å²) in [6.45, 7) is 5.77. The highest BCUT2D eigenvalue weighted by Crippen LogP contribution is 2.26. The van der Waals surface area contributed by atoms with E-state index in [1.165, 1.54) is 4.57 Å². The third-order valence-corrected chi connectivity index (χ3v) is 3.58. The first kappa shape index (κ1) is 15.7. The second kappa shape index (κ2) is 7.33. The molecule has 0 radical (unpaired) electrons. The average molecular weight is 294 g/mol. The Morgan fingerprint density at radius 2 is 2.29 bits per heavy atom. The molecule has 0 bridgehead atoms. The minimum Gasteiger partial charge on any atom is -0.394 e. The van der Waals surface area contributed by atoms with E-state index < -0.39 is 0 Å². The summed E-state index contributed by atoms with van der Waals surface area (Å²) in [5.74, 6) is 0.389. The lowest BCUT2D eigenvalue weighted by Crippen LogP contribution is -2.27. The molecule has 1 N–H and O–H groups in total. The van der Waals surface area contributed by atoms with Crippen LogP contribution in [0.2, 0.25) is 0 Å². The van der Waals surface area contributed by atoms with Crippen LogP contribution in [0.25, 0.3) is 0 Å². The lowest BCUT2D eigenvalue weighted by Gasteiger charge is -2.15. The van der Waals surface area contributed by atoms with Crippen LogP contribution in [-0.2, 0) is 4.74 Å². The van der Waals surface area contributed by atoms with Gasteiger partial charge in [0, 0.05) is 19.3 Å². The van der Waals surface area contributed by atoms with Crippen LogP contribution in [0.5, 0.6) is 0 Å². The van der Waals surface area contributed by atoms with Gasteiger partial charge in [-0.15, -0.1) is 0 Å². The Hall–Kier alpha value is -1.73. The fourth-order valence-corrected chi connectivity index (χ4v) is 2.25. The second-order valence-corrected chi connectivity index (χ2v) is 4.91. The van der Waals surface area contributed by atoms with Crippen molar-refractivity contribution in [3.8, 4) is 0 Å². The Kier molecular flexibility index (Phi) is 5.46. The molecule has 1 aromatic rings. The number of rotatable bonds is 6. The quantitative estimate of drug-likeness (QED) is 0.623. The number of aliphatic hydroxyl groups is 1. The van der Waals surface area contributed by atoms with E-state index >= 15 is 0 Å². The Morgan fingerprint density at radius 3 is 2.86 bits per heavy atom. The van der Waals surface area contributed by atoms with Gasteiger partial charge in [-0.1, -0.05) is 0 Å². The highest BCUT2D eigenvalue weighted by Gasteiger charge is 2.26. The molecule has 0 unspecified atom stereocenters. The van der Waals surface area contributed by atoms with E-state index in [-0.39, 0.29) is 24.6 Å². The molecule has 2 rings (SSSR count). The Balaban J connectivity index is 2.09. The van der Waals surface area contributed by atoms with Crippen molar-refractivity contribution in [1.82, 2.24) is 14.5 Å². The third kappa shape index (κ3) is 3.89. The van der Waals surface area contributed by atoms with Gasteiger partial charge in [0.1, 0.15) is 6.23 Å². The lowest BCUT2D eigenvalue weighted by molar-refractivity contribution is -0.0245. The molecule has 0 aromatic carbocycles. The lowest BCUT2D eigenvalue weighted by atomic mass is 10.2. The van der Waals surface area contributed by atoms with E-state index in [9.17, 15) is 4.79 Å². The van der Waals surface area contributed by atoms with E-state index in [2.05, 4.69) is 9.98 Å². The molecular weight excluding hydrogens is 272 g/mol. The molecular formula is C14H22N4O3. The summed E-state index contributed by atoms with van der Waals surface area (Å²) in [6, 6.07) is 1.69. The summed E-state index contributed by atoms with van der Waals surface area (Å²) in [5, 5.41) is 9.06. The maximum absolute atomic E-state index is 12.0. The minimum atomic E-state index is -0.382. The summed E-state index contributed by atoms with van der Waals surface area (Å²) in [7, 11) is 0. The molecule has 1 fully saturated rings. The molecule has 7 nitrogen and oxygen atoms in total. The van der Waals surface area contributed by atoms with Gasteiger partial charge in [0.25, 0.3) is 0 Å². The van der Waals surface area contributed by atoms with Crippen molar-refractivity contribution < 1.29 is 9.84 Å². The zero-order valence-electron chi connectivity index (χ0n) is 12.5. The Morgan fingerprint density at radius 1 is 1.52 bits per heavy atom.